The molecule has 0 radical (unpaired) electrons. The molecule has 0 spiro atoms. The minimum atomic E-state index is -0.264. The minimum absolute atomic E-state index is 0.0182. The highest BCUT2D eigenvalue weighted by Crippen LogP contribution is 2.20. The first-order chi connectivity index (χ1) is 11.2. The van der Waals surface area contributed by atoms with Gasteiger partial charge < -0.3 is 5.32 Å². The summed E-state index contributed by atoms with van der Waals surface area (Å²) in [7, 11) is 0. The lowest BCUT2D eigenvalue weighted by molar-refractivity contribution is -0.122. The fourth-order valence-electron chi connectivity index (χ4n) is 3.67. The Bertz CT molecular complexity index is 531. The van der Waals surface area contributed by atoms with Crippen LogP contribution in [0.25, 0.3) is 0 Å². The van der Waals surface area contributed by atoms with Gasteiger partial charge in [0.1, 0.15) is 5.82 Å². The molecule has 0 bridgehead atoms. The fraction of sp³-hybridized carbons (Fsp3) is 0.611. The van der Waals surface area contributed by atoms with E-state index in [2.05, 4.69) is 15.1 Å². The molecule has 2 aliphatic rings. The molecule has 1 aromatic carbocycles. The van der Waals surface area contributed by atoms with Gasteiger partial charge in [0.15, 0.2) is 0 Å². The number of hydrogen-bond donors (Lipinski definition) is 1. The first kappa shape index (κ1) is 16.4. The van der Waals surface area contributed by atoms with Crippen molar-refractivity contribution < 1.29 is 9.18 Å². The van der Waals surface area contributed by atoms with Gasteiger partial charge in [0, 0.05) is 24.7 Å². The molecule has 1 N–H and O–H groups in total. The summed E-state index contributed by atoms with van der Waals surface area (Å²) in [6.07, 6.45) is 5.01. The normalized spacial score (nSPS) is 23.1. The molecule has 1 atom stereocenters. The van der Waals surface area contributed by atoms with Crippen molar-refractivity contribution in [3.63, 3.8) is 0 Å². The SMILES string of the molecule is O=C(CN1CCCC(N2CCCC2)C1)NCc1ccccc1F. The summed E-state index contributed by atoms with van der Waals surface area (Å²) in [6.45, 7) is 5.05. The number of nitrogens with zero attached hydrogens (tertiary/aromatic N) is 2. The van der Waals surface area contributed by atoms with E-state index < -0.39 is 0 Å². The Kier molecular flexibility index (Phi) is 5.62. The van der Waals surface area contributed by atoms with Crippen LogP contribution in [0.5, 0.6) is 0 Å². The number of benzene rings is 1. The highest BCUT2D eigenvalue weighted by molar-refractivity contribution is 5.78. The zero-order valence-electron chi connectivity index (χ0n) is 13.6. The largest absolute Gasteiger partial charge is 0.351 e. The summed E-state index contributed by atoms with van der Waals surface area (Å²) >= 11 is 0. The predicted octanol–water partition coefficient (Wildman–Crippen LogP) is 2.00. The van der Waals surface area contributed by atoms with E-state index in [0.29, 0.717) is 18.2 Å². The topological polar surface area (TPSA) is 35.6 Å². The maximum absolute atomic E-state index is 13.6. The maximum atomic E-state index is 13.6. The van der Waals surface area contributed by atoms with Gasteiger partial charge in [0.05, 0.1) is 6.54 Å². The number of piperidine rings is 1. The highest BCUT2D eigenvalue weighted by Gasteiger charge is 2.27. The second-order valence-corrected chi connectivity index (χ2v) is 6.64. The van der Waals surface area contributed by atoms with Gasteiger partial charge in [-0.1, -0.05) is 18.2 Å². The van der Waals surface area contributed by atoms with E-state index >= 15 is 0 Å². The van der Waals surface area contributed by atoms with E-state index in [-0.39, 0.29) is 18.3 Å². The van der Waals surface area contributed by atoms with E-state index in [1.54, 1.807) is 18.2 Å². The molecule has 23 heavy (non-hydrogen) atoms. The third-order valence-corrected chi connectivity index (χ3v) is 4.94. The lowest BCUT2D eigenvalue weighted by Gasteiger charge is -2.37. The van der Waals surface area contributed by atoms with Gasteiger partial charge in [0.2, 0.25) is 5.91 Å². The monoisotopic (exact) mass is 319 g/mol. The van der Waals surface area contributed by atoms with Crippen molar-refractivity contribution >= 4 is 5.91 Å². The van der Waals surface area contributed by atoms with Crippen LogP contribution in [-0.4, -0.2) is 54.5 Å². The molecular weight excluding hydrogens is 293 g/mol. The first-order valence-corrected chi connectivity index (χ1v) is 8.69. The van der Waals surface area contributed by atoms with E-state index in [1.807, 2.05) is 0 Å². The van der Waals surface area contributed by atoms with Crippen molar-refractivity contribution in [3.05, 3.63) is 35.6 Å². The van der Waals surface area contributed by atoms with Crippen molar-refractivity contribution in [1.29, 1.82) is 0 Å². The van der Waals surface area contributed by atoms with Gasteiger partial charge in [0.25, 0.3) is 0 Å². The molecule has 2 aliphatic heterocycles. The summed E-state index contributed by atoms with van der Waals surface area (Å²) in [4.78, 5) is 16.9. The maximum Gasteiger partial charge on any atom is 0.234 e. The van der Waals surface area contributed by atoms with Gasteiger partial charge in [-0.05, 0) is 51.4 Å². The summed E-state index contributed by atoms with van der Waals surface area (Å²) < 4.78 is 13.6. The Morgan fingerprint density at radius 1 is 1.17 bits per heavy atom. The Morgan fingerprint density at radius 2 is 1.96 bits per heavy atom. The fourth-order valence-corrected chi connectivity index (χ4v) is 3.67. The summed E-state index contributed by atoms with van der Waals surface area (Å²) in [5.74, 6) is -0.282. The van der Waals surface area contributed by atoms with Crippen molar-refractivity contribution in [2.45, 2.75) is 38.3 Å². The molecule has 1 aromatic rings. The van der Waals surface area contributed by atoms with Gasteiger partial charge in [-0.15, -0.1) is 0 Å². The van der Waals surface area contributed by atoms with Crippen LogP contribution in [0.15, 0.2) is 24.3 Å². The molecule has 0 aliphatic carbocycles. The predicted molar refractivity (Wildman–Crippen MR) is 88.5 cm³/mol. The molecule has 2 heterocycles. The van der Waals surface area contributed by atoms with Crippen molar-refractivity contribution in [1.82, 2.24) is 15.1 Å². The van der Waals surface area contributed by atoms with Crippen LogP contribution < -0.4 is 5.32 Å². The smallest absolute Gasteiger partial charge is 0.234 e. The standard InChI is InChI=1S/C18H26FN3O/c19-17-8-2-1-6-15(17)12-20-18(23)14-21-9-5-7-16(13-21)22-10-3-4-11-22/h1-2,6,8,16H,3-5,7,9-14H2,(H,20,23). The Hall–Kier alpha value is -1.46. The Morgan fingerprint density at radius 3 is 2.74 bits per heavy atom. The van der Waals surface area contributed by atoms with Crippen LogP contribution in [0.2, 0.25) is 0 Å². The van der Waals surface area contributed by atoms with Crippen molar-refractivity contribution in [2.24, 2.45) is 0 Å². The number of carbonyl (C=O) groups excluding carboxylic acids is 1. The van der Waals surface area contributed by atoms with Crippen LogP contribution in [0.4, 0.5) is 4.39 Å². The highest BCUT2D eigenvalue weighted by atomic mass is 19.1. The third kappa shape index (κ3) is 4.52. The number of hydrogen-bond acceptors (Lipinski definition) is 3. The number of carbonyl (C=O) groups is 1. The van der Waals surface area contributed by atoms with Gasteiger partial charge in [-0.2, -0.15) is 0 Å². The second-order valence-electron chi connectivity index (χ2n) is 6.64. The molecule has 126 valence electrons. The number of rotatable bonds is 5. The third-order valence-electron chi connectivity index (χ3n) is 4.94. The van der Waals surface area contributed by atoms with Gasteiger partial charge in [-0.3, -0.25) is 14.6 Å². The van der Waals surface area contributed by atoms with E-state index in [4.69, 9.17) is 0 Å². The van der Waals surface area contributed by atoms with Crippen LogP contribution in [0, 0.1) is 5.82 Å². The quantitative estimate of drug-likeness (QED) is 0.902. The molecule has 4 nitrogen and oxygen atoms in total. The lowest BCUT2D eigenvalue weighted by atomic mass is 10.0. The van der Waals surface area contributed by atoms with Crippen LogP contribution in [0.3, 0.4) is 0 Å². The number of amides is 1. The molecular formula is C18H26FN3O. The molecule has 3 rings (SSSR count). The minimum Gasteiger partial charge on any atom is -0.351 e. The average Bonchev–Trinajstić information content (AvgIpc) is 3.09. The molecule has 0 aromatic heterocycles. The zero-order chi connectivity index (χ0) is 16.1. The zero-order valence-corrected chi connectivity index (χ0v) is 13.6. The van der Waals surface area contributed by atoms with E-state index in [0.717, 1.165) is 19.5 Å². The number of halogens is 1. The average molecular weight is 319 g/mol. The van der Waals surface area contributed by atoms with E-state index in [9.17, 15) is 9.18 Å². The van der Waals surface area contributed by atoms with E-state index in [1.165, 1.54) is 38.4 Å². The number of nitrogens with one attached hydrogen (secondary N) is 1. The summed E-state index contributed by atoms with van der Waals surface area (Å²) in [5, 5.41) is 2.84. The Balaban J connectivity index is 1.44. The van der Waals surface area contributed by atoms with Crippen LogP contribution in [-0.2, 0) is 11.3 Å². The van der Waals surface area contributed by atoms with Crippen LogP contribution >= 0.6 is 0 Å². The molecule has 5 heteroatoms. The summed E-state index contributed by atoms with van der Waals surface area (Å²) in [6, 6.07) is 7.18. The summed E-state index contributed by atoms with van der Waals surface area (Å²) in [5.41, 5.74) is 0.537. The van der Waals surface area contributed by atoms with Crippen molar-refractivity contribution in [2.75, 3.05) is 32.7 Å². The molecule has 2 saturated heterocycles. The van der Waals surface area contributed by atoms with Crippen molar-refractivity contribution in [3.8, 4) is 0 Å². The second kappa shape index (κ2) is 7.88. The molecule has 0 saturated carbocycles. The Labute approximate surface area is 137 Å². The molecule has 1 amide bonds. The van der Waals surface area contributed by atoms with Crippen LogP contribution in [0.1, 0.15) is 31.2 Å². The van der Waals surface area contributed by atoms with Gasteiger partial charge in [-0.25, -0.2) is 4.39 Å². The number of likely N-dealkylation sites (tertiary alicyclic amines) is 2. The first-order valence-electron chi connectivity index (χ1n) is 8.69. The molecule has 1 unspecified atom stereocenters. The lowest BCUT2D eigenvalue weighted by Crippen LogP contribution is -2.49. The molecule has 2 fully saturated rings. The van der Waals surface area contributed by atoms with Gasteiger partial charge >= 0.3 is 0 Å².